The first-order chi connectivity index (χ1) is 16.6. The Kier molecular flexibility index (Phi) is 9.18. The van der Waals surface area contributed by atoms with Crippen molar-refractivity contribution in [2.45, 2.75) is 0 Å². The van der Waals surface area contributed by atoms with Crippen LogP contribution in [0.1, 0.15) is 5.56 Å². The van der Waals surface area contributed by atoms with Crippen LogP contribution in [0.3, 0.4) is 0 Å². The molecule has 178 valence electrons. The molecule has 2 N–H and O–H groups in total. The standard InChI is InChI=1S/C24H26N4O6/c1-2-13-33-20-9-7-19(8-10-20)26-23(30)24(31)27-25-16-18-5-3-4-6-21(18)34-17-22(29)28-11-14-32-15-12-28/h2-10,16H,1,11-15,17H2,(H,26,30)(H,27,31)/b25-16-. The average molecular weight is 466 g/mol. The first-order valence-electron chi connectivity index (χ1n) is 10.6. The van der Waals surface area contributed by atoms with E-state index in [4.69, 9.17) is 14.2 Å². The van der Waals surface area contributed by atoms with Crippen LogP contribution >= 0.6 is 0 Å². The second kappa shape index (κ2) is 12.8. The van der Waals surface area contributed by atoms with Crippen molar-refractivity contribution in [2.24, 2.45) is 5.10 Å². The van der Waals surface area contributed by atoms with Gasteiger partial charge in [0.2, 0.25) is 0 Å². The van der Waals surface area contributed by atoms with E-state index in [1.807, 2.05) is 0 Å². The van der Waals surface area contributed by atoms with Crippen LogP contribution in [0.15, 0.2) is 66.3 Å². The zero-order valence-electron chi connectivity index (χ0n) is 18.6. The van der Waals surface area contributed by atoms with Crippen LogP contribution in [0.2, 0.25) is 0 Å². The highest BCUT2D eigenvalue weighted by molar-refractivity contribution is 6.39. The van der Waals surface area contributed by atoms with Gasteiger partial charge in [0.05, 0.1) is 19.4 Å². The highest BCUT2D eigenvalue weighted by atomic mass is 16.5. The fourth-order valence-electron chi connectivity index (χ4n) is 2.95. The number of amides is 3. The van der Waals surface area contributed by atoms with Crippen LogP contribution in [0.5, 0.6) is 11.5 Å². The van der Waals surface area contributed by atoms with E-state index >= 15 is 0 Å². The summed E-state index contributed by atoms with van der Waals surface area (Å²) < 4.78 is 16.2. The molecule has 0 bridgehead atoms. The van der Waals surface area contributed by atoms with E-state index in [-0.39, 0.29) is 12.5 Å². The second-order valence-corrected chi connectivity index (χ2v) is 7.10. The lowest BCUT2D eigenvalue weighted by atomic mass is 10.2. The number of benzene rings is 2. The summed E-state index contributed by atoms with van der Waals surface area (Å²) in [4.78, 5) is 38.1. The third kappa shape index (κ3) is 7.45. The Balaban J connectivity index is 1.49. The minimum absolute atomic E-state index is 0.128. The summed E-state index contributed by atoms with van der Waals surface area (Å²) in [6.45, 7) is 5.90. The van der Waals surface area contributed by atoms with Crippen molar-refractivity contribution in [3.8, 4) is 11.5 Å². The number of carbonyl (C=O) groups is 3. The number of rotatable bonds is 9. The lowest BCUT2D eigenvalue weighted by Gasteiger charge is -2.26. The third-order valence-corrected chi connectivity index (χ3v) is 4.69. The summed E-state index contributed by atoms with van der Waals surface area (Å²) >= 11 is 0. The first-order valence-corrected chi connectivity index (χ1v) is 10.6. The number of para-hydroxylation sites is 1. The van der Waals surface area contributed by atoms with Crippen molar-refractivity contribution in [1.82, 2.24) is 10.3 Å². The summed E-state index contributed by atoms with van der Waals surface area (Å²) in [5.74, 6) is -0.924. The van der Waals surface area contributed by atoms with Crippen LogP contribution in [0, 0.1) is 0 Å². The molecule has 34 heavy (non-hydrogen) atoms. The van der Waals surface area contributed by atoms with E-state index < -0.39 is 11.8 Å². The van der Waals surface area contributed by atoms with Crippen molar-refractivity contribution in [3.05, 3.63) is 66.7 Å². The van der Waals surface area contributed by atoms with Gasteiger partial charge in [-0.25, -0.2) is 5.43 Å². The molecule has 1 saturated heterocycles. The highest BCUT2D eigenvalue weighted by Gasteiger charge is 2.17. The van der Waals surface area contributed by atoms with Crippen LogP contribution in [-0.4, -0.2) is 68.4 Å². The Morgan fingerprint density at radius 2 is 1.76 bits per heavy atom. The molecular weight excluding hydrogens is 440 g/mol. The Morgan fingerprint density at radius 1 is 1.03 bits per heavy atom. The molecule has 0 unspecified atom stereocenters. The number of hydrogen-bond donors (Lipinski definition) is 2. The minimum Gasteiger partial charge on any atom is -0.490 e. The van der Waals surface area contributed by atoms with Gasteiger partial charge in [-0.3, -0.25) is 14.4 Å². The normalized spacial score (nSPS) is 13.2. The molecule has 3 rings (SSSR count). The van der Waals surface area contributed by atoms with Crippen LogP contribution in [0.25, 0.3) is 0 Å². The van der Waals surface area contributed by atoms with E-state index in [0.717, 1.165) is 0 Å². The second-order valence-electron chi connectivity index (χ2n) is 7.10. The molecule has 1 aliphatic heterocycles. The Morgan fingerprint density at radius 3 is 2.50 bits per heavy atom. The quantitative estimate of drug-likeness (QED) is 0.251. The Labute approximate surface area is 197 Å². The molecular formula is C24H26N4O6. The zero-order chi connectivity index (χ0) is 24.2. The monoisotopic (exact) mass is 466 g/mol. The average Bonchev–Trinajstić information content (AvgIpc) is 2.88. The summed E-state index contributed by atoms with van der Waals surface area (Å²) in [7, 11) is 0. The van der Waals surface area contributed by atoms with Gasteiger partial charge < -0.3 is 24.4 Å². The first kappa shape index (κ1) is 24.5. The molecule has 10 nitrogen and oxygen atoms in total. The van der Waals surface area contributed by atoms with E-state index in [1.165, 1.54) is 6.21 Å². The molecule has 3 amide bonds. The fourth-order valence-corrected chi connectivity index (χ4v) is 2.95. The zero-order valence-corrected chi connectivity index (χ0v) is 18.6. The maximum absolute atomic E-state index is 12.3. The SMILES string of the molecule is C=CCOc1ccc(NC(=O)C(=O)N/N=C\c2ccccc2OCC(=O)N2CCOCC2)cc1. The van der Waals surface area contributed by atoms with Gasteiger partial charge in [-0.2, -0.15) is 5.10 Å². The maximum atomic E-state index is 12.3. The van der Waals surface area contributed by atoms with Gasteiger partial charge in [-0.15, -0.1) is 0 Å². The Bertz CT molecular complexity index is 1030. The number of hydrazone groups is 1. The van der Waals surface area contributed by atoms with Crippen molar-refractivity contribution >= 4 is 29.6 Å². The smallest absolute Gasteiger partial charge is 0.329 e. The lowest BCUT2D eigenvalue weighted by molar-refractivity contribution is -0.137. The van der Waals surface area contributed by atoms with E-state index in [1.54, 1.807) is 59.5 Å². The van der Waals surface area contributed by atoms with Crippen molar-refractivity contribution < 1.29 is 28.6 Å². The van der Waals surface area contributed by atoms with Gasteiger partial charge in [0.15, 0.2) is 6.61 Å². The molecule has 10 heteroatoms. The van der Waals surface area contributed by atoms with Gasteiger partial charge in [0.1, 0.15) is 18.1 Å². The summed E-state index contributed by atoms with van der Waals surface area (Å²) in [6.07, 6.45) is 2.96. The molecule has 2 aromatic carbocycles. The molecule has 1 heterocycles. The third-order valence-electron chi connectivity index (χ3n) is 4.69. The van der Waals surface area contributed by atoms with Gasteiger partial charge in [0, 0.05) is 24.3 Å². The molecule has 0 aromatic heterocycles. The summed E-state index contributed by atoms with van der Waals surface area (Å²) in [6, 6.07) is 13.5. The molecule has 0 spiro atoms. The number of ether oxygens (including phenoxy) is 3. The minimum atomic E-state index is -0.941. The summed E-state index contributed by atoms with van der Waals surface area (Å²) in [5, 5.41) is 6.30. The number of carbonyl (C=O) groups excluding carboxylic acids is 3. The van der Waals surface area contributed by atoms with Crippen molar-refractivity contribution in [3.63, 3.8) is 0 Å². The number of anilines is 1. The van der Waals surface area contributed by atoms with Gasteiger partial charge in [-0.1, -0.05) is 24.8 Å². The predicted molar refractivity (Wildman–Crippen MR) is 126 cm³/mol. The van der Waals surface area contributed by atoms with Crippen LogP contribution in [0.4, 0.5) is 5.69 Å². The lowest BCUT2D eigenvalue weighted by Crippen LogP contribution is -2.43. The van der Waals surface area contributed by atoms with Crippen molar-refractivity contribution in [1.29, 1.82) is 0 Å². The van der Waals surface area contributed by atoms with E-state index in [9.17, 15) is 14.4 Å². The highest BCUT2D eigenvalue weighted by Crippen LogP contribution is 2.17. The fraction of sp³-hybridized carbons (Fsp3) is 0.250. The topological polar surface area (TPSA) is 119 Å². The molecule has 1 aliphatic rings. The van der Waals surface area contributed by atoms with Crippen LogP contribution in [-0.2, 0) is 19.1 Å². The van der Waals surface area contributed by atoms with Gasteiger partial charge >= 0.3 is 11.8 Å². The van der Waals surface area contributed by atoms with E-state index in [2.05, 4.69) is 22.4 Å². The maximum Gasteiger partial charge on any atom is 0.329 e. The number of morpholine rings is 1. The molecule has 0 radical (unpaired) electrons. The van der Waals surface area contributed by atoms with Crippen LogP contribution < -0.4 is 20.2 Å². The predicted octanol–water partition coefficient (Wildman–Crippen LogP) is 1.58. The Hall–Kier alpha value is -4.18. The molecule has 1 fully saturated rings. The number of nitrogens with one attached hydrogen (secondary N) is 2. The van der Waals surface area contributed by atoms with Gasteiger partial charge in [0.25, 0.3) is 5.91 Å². The number of hydrogen-bond acceptors (Lipinski definition) is 7. The summed E-state index contributed by atoms with van der Waals surface area (Å²) in [5.41, 5.74) is 3.14. The van der Waals surface area contributed by atoms with E-state index in [0.29, 0.717) is 55.7 Å². The van der Waals surface area contributed by atoms with Crippen molar-refractivity contribution in [2.75, 3.05) is 44.8 Å². The number of nitrogens with zero attached hydrogens (tertiary/aromatic N) is 2. The molecule has 0 aliphatic carbocycles. The molecule has 2 aromatic rings. The molecule has 0 saturated carbocycles. The van der Waals surface area contributed by atoms with Gasteiger partial charge in [-0.05, 0) is 36.4 Å². The largest absolute Gasteiger partial charge is 0.490 e. The molecule has 0 atom stereocenters.